The predicted molar refractivity (Wildman–Crippen MR) is 74.8 cm³/mol. The van der Waals surface area contributed by atoms with E-state index in [1.54, 1.807) is 17.5 Å². The van der Waals surface area contributed by atoms with Crippen LogP contribution in [-0.4, -0.2) is 29.0 Å². The lowest BCUT2D eigenvalue weighted by Gasteiger charge is -2.01. The Hall–Kier alpha value is -2.28. The van der Waals surface area contributed by atoms with Crippen LogP contribution in [0, 0.1) is 6.92 Å². The number of nitrogens with zero attached hydrogens (tertiary/aromatic N) is 2. The van der Waals surface area contributed by atoms with E-state index in [4.69, 9.17) is 0 Å². The number of carbonyl (C=O) groups is 2. The molecular weight excluding hydrogens is 278 g/mol. The first-order chi connectivity index (χ1) is 9.58. The number of nitrogens with one attached hydrogen (secondary N) is 1. The molecule has 0 fully saturated rings. The zero-order valence-electron chi connectivity index (χ0n) is 11.0. The second-order valence-electron chi connectivity index (χ2n) is 4.02. The molecule has 0 bridgehead atoms. The van der Waals surface area contributed by atoms with E-state index in [9.17, 15) is 9.59 Å². The summed E-state index contributed by atoms with van der Waals surface area (Å²) in [7, 11) is 1.32. The number of aromatic nitrogens is 2. The summed E-state index contributed by atoms with van der Waals surface area (Å²) in [6.07, 6.45) is 0.0889. The largest absolute Gasteiger partial charge is 0.469 e. The van der Waals surface area contributed by atoms with Crippen molar-refractivity contribution in [3.63, 3.8) is 0 Å². The van der Waals surface area contributed by atoms with E-state index in [0.717, 1.165) is 5.69 Å². The van der Waals surface area contributed by atoms with Crippen LogP contribution >= 0.6 is 11.3 Å². The third kappa shape index (κ3) is 3.61. The molecule has 20 heavy (non-hydrogen) atoms. The lowest BCUT2D eigenvalue weighted by atomic mass is 10.3. The number of thiazole rings is 1. The van der Waals surface area contributed by atoms with E-state index in [1.807, 2.05) is 13.0 Å². The molecule has 104 valence electrons. The highest BCUT2D eigenvalue weighted by atomic mass is 32.1. The van der Waals surface area contributed by atoms with Gasteiger partial charge in [-0.1, -0.05) is 6.07 Å². The Kier molecular flexibility index (Phi) is 4.41. The van der Waals surface area contributed by atoms with Crippen LogP contribution in [0.5, 0.6) is 0 Å². The van der Waals surface area contributed by atoms with Gasteiger partial charge in [-0.2, -0.15) is 0 Å². The molecule has 0 unspecified atom stereocenters. The van der Waals surface area contributed by atoms with Crippen LogP contribution in [0.2, 0.25) is 0 Å². The summed E-state index contributed by atoms with van der Waals surface area (Å²) in [4.78, 5) is 31.3. The Bertz CT molecular complexity index is 639. The Morgan fingerprint density at radius 3 is 2.85 bits per heavy atom. The van der Waals surface area contributed by atoms with Crippen molar-refractivity contribution >= 4 is 28.3 Å². The summed E-state index contributed by atoms with van der Waals surface area (Å²) < 4.78 is 4.56. The van der Waals surface area contributed by atoms with Crippen molar-refractivity contribution in [2.24, 2.45) is 0 Å². The van der Waals surface area contributed by atoms with Crippen molar-refractivity contribution in [1.82, 2.24) is 9.97 Å². The molecule has 2 rings (SSSR count). The molecule has 0 atom stereocenters. The number of ether oxygens (including phenoxy) is 1. The molecule has 0 aliphatic carbocycles. The summed E-state index contributed by atoms with van der Waals surface area (Å²) in [5.74, 6) is -0.693. The molecule has 0 aliphatic rings. The topological polar surface area (TPSA) is 81.2 Å². The van der Waals surface area contributed by atoms with Crippen molar-refractivity contribution in [2.45, 2.75) is 13.3 Å². The van der Waals surface area contributed by atoms with E-state index in [0.29, 0.717) is 16.5 Å². The average Bonchev–Trinajstić information content (AvgIpc) is 2.85. The highest BCUT2D eigenvalue weighted by Crippen LogP contribution is 2.16. The van der Waals surface area contributed by atoms with E-state index in [-0.39, 0.29) is 18.3 Å². The van der Waals surface area contributed by atoms with E-state index in [1.165, 1.54) is 18.4 Å². The second-order valence-corrected chi connectivity index (χ2v) is 4.87. The number of rotatable bonds is 4. The first kappa shape index (κ1) is 14.1. The molecule has 7 heteroatoms. The summed E-state index contributed by atoms with van der Waals surface area (Å²) in [5, 5.41) is 4.78. The van der Waals surface area contributed by atoms with Gasteiger partial charge in [0.25, 0.3) is 5.91 Å². The summed E-state index contributed by atoms with van der Waals surface area (Å²) in [5.41, 5.74) is 1.66. The Morgan fingerprint density at radius 1 is 1.35 bits per heavy atom. The summed E-state index contributed by atoms with van der Waals surface area (Å²) in [6.45, 7) is 1.81. The summed E-state index contributed by atoms with van der Waals surface area (Å²) in [6, 6.07) is 5.21. The van der Waals surface area contributed by atoms with Gasteiger partial charge in [-0.05, 0) is 19.1 Å². The molecule has 0 aliphatic heterocycles. The van der Waals surface area contributed by atoms with Gasteiger partial charge in [0.1, 0.15) is 5.69 Å². The number of amides is 1. The standard InChI is InChI=1S/C13H13N3O3S/c1-8-4-3-5-10(14-8)12(18)16-13-15-9(7-20-13)6-11(17)19-2/h3-5,7H,6H2,1-2H3,(H,15,16,18). The zero-order valence-corrected chi connectivity index (χ0v) is 11.9. The van der Waals surface area contributed by atoms with Crippen molar-refractivity contribution in [3.8, 4) is 0 Å². The van der Waals surface area contributed by atoms with Gasteiger partial charge in [0.2, 0.25) is 0 Å². The van der Waals surface area contributed by atoms with Crippen LogP contribution < -0.4 is 5.32 Å². The SMILES string of the molecule is COC(=O)Cc1csc(NC(=O)c2cccc(C)n2)n1. The van der Waals surface area contributed by atoms with Crippen molar-refractivity contribution in [2.75, 3.05) is 12.4 Å². The van der Waals surface area contributed by atoms with Crippen LogP contribution in [0.4, 0.5) is 5.13 Å². The molecule has 1 amide bonds. The van der Waals surface area contributed by atoms with Crippen LogP contribution in [-0.2, 0) is 16.0 Å². The van der Waals surface area contributed by atoms with Gasteiger partial charge in [-0.25, -0.2) is 9.97 Å². The maximum absolute atomic E-state index is 12.0. The van der Waals surface area contributed by atoms with Gasteiger partial charge >= 0.3 is 5.97 Å². The molecular formula is C13H13N3O3S. The van der Waals surface area contributed by atoms with Gasteiger partial charge in [-0.3, -0.25) is 14.9 Å². The number of anilines is 1. The highest BCUT2D eigenvalue weighted by Gasteiger charge is 2.12. The number of hydrogen-bond donors (Lipinski definition) is 1. The maximum atomic E-state index is 12.0. The number of carbonyl (C=O) groups excluding carboxylic acids is 2. The fourth-order valence-corrected chi connectivity index (χ4v) is 2.20. The lowest BCUT2D eigenvalue weighted by molar-refractivity contribution is -0.139. The fraction of sp³-hybridized carbons (Fsp3) is 0.231. The summed E-state index contributed by atoms with van der Waals surface area (Å²) >= 11 is 1.25. The second kappa shape index (κ2) is 6.25. The minimum absolute atomic E-state index is 0.0889. The average molecular weight is 291 g/mol. The van der Waals surface area contributed by atoms with Crippen molar-refractivity contribution in [3.05, 3.63) is 40.7 Å². The zero-order chi connectivity index (χ0) is 14.5. The minimum atomic E-state index is -0.367. The van der Waals surface area contributed by atoms with Gasteiger partial charge in [0.05, 0.1) is 19.2 Å². The molecule has 0 aromatic carbocycles. The van der Waals surface area contributed by atoms with Crippen molar-refractivity contribution < 1.29 is 14.3 Å². The van der Waals surface area contributed by atoms with Crippen LogP contribution in [0.1, 0.15) is 21.9 Å². The van der Waals surface area contributed by atoms with Gasteiger partial charge < -0.3 is 4.74 Å². The fourth-order valence-electron chi connectivity index (χ4n) is 1.50. The first-order valence-corrected chi connectivity index (χ1v) is 6.72. The number of esters is 1. The number of methoxy groups -OCH3 is 1. The smallest absolute Gasteiger partial charge is 0.311 e. The minimum Gasteiger partial charge on any atom is -0.469 e. The molecule has 2 aromatic rings. The van der Waals surface area contributed by atoms with E-state index >= 15 is 0 Å². The Labute approximate surface area is 119 Å². The van der Waals surface area contributed by atoms with Crippen LogP contribution in [0.3, 0.4) is 0 Å². The third-order valence-electron chi connectivity index (χ3n) is 2.45. The predicted octanol–water partition coefficient (Wildman–Crippen LogP) is 1.81. The van der Waals surface area contributed by atoms with E-state index < -0.39 is 0 Å². The van der Waals surface area contributed by atoms with Gasteiger partial charge in [-0.15, -0.1) is 11.3 Å². The van der Waals surface area contributed by atoms with Gasteiger partial charge in [0.15, 0.2) is 5.13 Å². The Morgan fingerprint density at radius 2 is 2.15 bits per heavy atom. The number of pyridine rings is 1. The first-order valence-electron chi connectivity index (χ1n) is 5.84. The normalized spacial score (nSPS) is 10.1. The van der Waals surface area contributed by atoms with Crippen LogP contribution in [0.25, 0.3) is 0 Å². The lowest BCUT2D eigenvalue weighted by Crippen LogP contribution is -2.14. The monoisotopic (exact) mass is 291 g/mol. The molecule has 6 nitrogen and oxygen atoms in total. The molecule has 0 spiro atoms. The van der Waals surface area contributed by atoms with Gasteiger partial charge in [0, 0.05) is 11.1 Å². The molecule has 0 saturated heterocycles. The Balaban J connectivity index is 2.03. The highest BCUT2D eigenvalue weighted by molar-refractivity contribution is 7.14. The van der Waals surface area contributed by atoms with Crippen LogP contribution in [0.15, 0.2) is 23.6 Å². The number of aryl methyl sites for hydroxylation is 1. The molecule has 0 saturated carbocycles. The van der Waals surface area contributed by atoms with E-state index in [2.05, 4.69) is 20.0 Å². The quantitative estimate of drug-likeness (QED) is 0.869. The maximum Gasteiger partial charge on any atom is 0.311 e. The van der Waals surface area contributed by atoms with Crippen molar-refractivity contribution in [1.29, 1.82) is 0 Å². The number of hydrogen-bond acceptors (Lipinski definition) is 6. The third-order valence-corrected chi connectivity index (χ3v) is 3.25. The molecule has 2 heterocycles. The molecule has 0 radical (unpaired) electrons. The molecule has 1 N–H and O–H groups in total. The molecule has 2 aromatic heterocycles.